The fourth-order valence-electron chi connectivity index (χ4n) is 2.09. The van der Waals surface area contributed by atoms with Crippen LogP contribution in [0.1, 0.15) is 34.6 Å². The van der Waals surface area contributed by atoms with Crippen LogP contribution in [0.2, 0.25) is 0 Å². The van der Waals surface area contributed by atoms with Crippen molar-refractivity contribution in [2.45, 2.75) is 40.2 Å². The molecule has 124 valence electrons. The van der Waals surface area contributed by atoms with Gasteiger partial charge in [0.25, 0.3) is 0 Å². The zero-order chi connectivity index (χ0) is 17.1. The highest BCUT2D eigenvalue weighted by molar-refractivity contribution is 6.42. The Morgan fingerprint density at radius 2 is 2.00 bits per heavy atom. The van der Waals surface area contributed by atoms with E-state index in [-0.39, 0.29) is 24.8 Å². The topological polar surface area (TPSA) is 106 Å². The Kier molecular flexibility index (Phi) is 5.57. The zero-order valence-corrected chi connectivity index (χ0v) is 13.9. The van der Waals surface area contributed by atoms with Crippen LogP contribution in [-0.2, 0) is 14.3 Å². The number of nitrogens with zero attached hydrogens (tertiary/aromatic N) is 1. The van der Waals surface area contributed by atoms with Crippen molar-refractivity contribution in [2.75, 3.05) is 19.7 Å². The molecule has 1 heterocycles. The van der Waals surface area contributed by atoms with E-state index in [0.717, 1.165) is 0 Å². The lowest BCUT2D eigenvalue weighted by molar-refractivity contribution is -0.135. The van der Waals surface area contributed by atoms with Crippen molar-refractivity contribution in [2.24, 2.45) is 11.7 Å². The summed E-state index contributed by atoms with van der Waals surface area (Å²) in [5.41, 5.74) is 5.85. The molecule has 0 bridgehead atoms. The number of nitrogens with one attached hydrogen (secondary N) is 1. The highest BCUT2D eigenvalue weighted by Gasteiger charge is 2.33. The van der Waals surface area contributed by atoms with Gasteiger partial charge in [0, 0.05) is 23.7 Å². The number of amides is 1. The quantitative estimate of drug-likeness (QED) is 0.609. The van der Waals surface area contributed by atoms with Gasteiger partial charge in [0.2, 0.25) is 0 Å². The van der Waals surface area contributed by atoms with E-state index < -0.39 is 17.7 Å². The van der Waals surface area contributed by atoms with Crippen LogP contribution in [0.5, 0.6) is 0 Å². The van der Waals surface area contributed by atoms with Crippen molar-refractivity contribution < 1.29 is 19.1 Å². The first-order chi connectivity index (χ1) is 10.1. The standard InChI is InChI=1S/C15H25N3O4/c1-6-21-13(19)12(17)10-8-18(7-9(2)11(10)16)14(20)22-15(3,4)5/h9,17H,6-8,16H2,1-5H3/t9-/m0/s1. The van der Waals surface area contributed by atoms with Gasteiger partial charge in [0.05, 0.1) is 13.2 Å². The van der Waals surface area contributed by atoms with E-state index in [0.29, 0.717) is 17.8 Å². The van der Waals surface area contributed by atoms with Crippen LogP contribution in [0.25, 0.3) is 0 Å². The summed E-state index contributed by atoms with van der Waals surface area (Å²) in [6.07, 6.45) is -0.485. The number of nitrogens with two attached hydrogens (primary N) is 1. The van der Waals surface area contributed by atoms with E-state index in [4.69, 9.17) is 20.6 Å². The van der Waals surface area contributed by atoms with Crippen molar-refractivity contribution in [3.8, 4) is 0 Å². The minimum Gasteiger partial charge on any atom is -0.461 e. The van der Waals surface area contributed by atoms with Crippen LogP contribution in [0.4, 0.5) is 4.79 Å². The largest absolute Gasteiger partial charge is 0.461 e. The Morgan fingerprint density at radius 3 is 2.50 bits per heavy atom. The van der Waals surface area contributed by atoms with E-state index in [2.05, 4.69) is 0 Å². The average Bonchev–Trinajstić information content (AvgIpc) is 2.39. The molecule has 1 atom stereocenters. The molecule has 0 fully saturated rings. The van der Waals surface area contributed by atoms with Crippen molar-refractivity contribution in [1.82, 2.24) is 4.90 Å². The molecule has 0 saturated heterocycles. The maximum absolute atomic E-state index is 12.2. The third kappa shape index (κ3) is 4.47. The summed E-state index contributed by atoms with van der Waals surface area (Å²) in [5.74, 6) is -0.898. The van der Waals surface area contributed by atoms with Gasteiger partial charge in [-0.25, -0.2) is 9.59 Å². The first kappa shape index (κ1) is 18.0. The van der Waals surface area contributed by atoms with E-state index in [1.54, 1.807) is 27.7 Å². The molecule has 1 amide bonds. The first-order valence-electron chi connectivity index (χ1n) is 7.29. The maximum atomic E-state index is 12.2. The molecule has 3 N–H and O–H groups in total. The van der Waals surface area contributed by atoms with Gasteiger partial charge in [-0.1, -0.05) is 6.92 Å². The van der Waals surface area contributed by atoms with Crippen molar-refractivity contribution >= 4 is 17.8 Å². The van der Waals surface area contributed by atoms with Crippen LogP contribution in [0.15, 0.2) is 11.3 Å². The number of hydrogen-bond acceptors (Lipinski definition) is 6. The molecule has 0 aromatic carbocycles. The molecule has 0 aromatic heterocycles. The van der Waals surface area contributed by atoms with E-state index in [1.807, 2.05) is 6.92 Å². The summed E-state index contributed by atoms with van der Waals surface area (Å²) >= 11 is 0. The fourth-order valence-corrected chi connectivity index (χ4v) is 2.09. The van der Waals surface area contributed by atoms with Crippen molar-refractivity contribution in [3.63, 3.8) is 0 Å². The van der Waals surface area contributed by atoms with Crippen molar-refractivity contribution in [1.29, 1.82) is 5.41 Å². The molecule has 1 aliphatic rings. The lowest BCUT2D eigenvalue weighted by Gasteiger charge is -2.34. The van der Waals surface area contributed by atoms with Crippen LogP contribution in [0.3, 0.4) is 0 Å². The van der Waals surface area contributed by atoms with Gasteiger partial charge in [0.1, 0.15) is 11.3 Å². The summed E-state index contributed by atoms with van der Waals surface area (Å²) < 4.78 is 10.2. The van der Waals surface area contributed by atoms with Crippen LogP contribution in [0, 0.1) is 11.3 Å². The van der Waals surface area contributed by atoms with Crippen LogP contribution in [-0.4, -0.2) is 48.0 Å². The Labute approximate surface area is 130 Å². The summed E-state index contributed by atoms with van der Waals surface area (Å²) in [7, 11) is 0. The molecule has 7 heteroatoms. The minimum absolute atomic E-state index is 0.0722. The normalized spacial score (nSPS) is 19.0. The number of esters is 1. The van der Waals surface area contributed by atoms with Crippen LogP contribution < -0.4 is 5.73 Å². The number of ether oxygens (including phenoxy) is 2. The average molecular weight is 311 g/mol. The van der Waals surface area contributed by atoms with Crippen LogP contribution >= 0.6 is 0 Å². The fraction of sp³-hybridized carbons (Fsp3) is 0.667. The second-order valence-electron chi connectivity index (χ2n) is 6.29. The molecule has 0 aliphatic carbocycles. The Morgan fingerprint density at radius 1 is 1.41 bits per heavy atom. The molecule has 0 radical (unpaired) electrons. The molecule has 1 rings (SSSR count). The van der Waals surface area contributed by atoms with E-state index in [1.165, 1.54) is 4.90 Å². The van der Waals surface area contributed by atoms with Crippen molar-refractivity contribution in [3.05, 3.63) is 11.3 Å². The van der Waals surface area contributed by atoms with Gasteiger partial charge in [-0.05, 0) is 27.7 Å². The number of carbonyl (C=O) groups excluding carboxylic acids is 2. The molecule has 1 aliphatic heterocycles. The predicted octanol–water partition coefficient (Wildman–Crippen LogP) is 1.67. The molecule has 0 spiro atoms. The lowest BCUT2D eigenvalue weighted by Crippen LogP contribution is -2.46. The Hall–Kier alpha value is -2.05. The third-order valence-corrected chi connectivity index (χ3v) is 3.16. The maximum Gasteiger partial charge on any atom is 0.410 e. The first-order valence-corrected chi connectivity index (χ1v) is 7.29. The molecule has 0 saturated carbocycles. The van der Waals surface area contributed by atoms with Gasteiger partial charge in [0.15, 0.2) is 0 Å². The lowest BCUT2D eigenvalue weighted by atomic mass is 9.94. The number of rotatable bonds is 3. The van der Waals surface area contributed by atoms with Gasteiger partial charge < -0.3 is 20.1 Å². The third-order valence-electron chi connectivity index (χ3n) is 3.16. The highest BCUT2D eigenvalue weighted by Crippen LogP contribution is 2.22. The van der Waals surface area contributed by atoms with Gasteiger partial charge >= 0.3 is 12.1 Å². The van der Waals surface area contributed by atoms with Gasteiger partial charge in [-0.2, -0.15) is 0 Å². The van der Waals surface area contributed by atoms with Gasteiger partial charge in [-0.15, -0.1) is 0 Å². The second kappa shape index (κ2) is 6.81. The summed E-state index contributed by atoms with van der Waals surface area (Å²) in [5, 5.41) is 7.93. The number of hydrogen-bond donors (Lipinski definition) is 2. The highest BCUT2D eigenvalue weighted by atomic mass is 16.6. The van der Waals surface area contributed by atoms with Gasteiger partial charge in [-0.3, -0.25) is 5.41 Å². The van der Waals surface area contributed by atoms with E-state index >= 15 is 0 Å². The smallest absolute Gasteiger partial charge is 0.410 e. The monoisotopic (exact) mass is 311 g/mol. The molecule has 0 aromatic rings. The molecular formula is C15H25N3O4. The second-order valence-corrected chi connectivity index (χ2v) is 6.29. The zero-order valence-electron chi connectivity index (χ0n) is 13.9. The summed E-state index contributed by atoms with van der Waals surface area (Å²) in [6, 6.07) is 0. The predicted molar refractivity (Wildman–Crippen MR) is 82.5 cm³/mol. The minimum atomic E-state index is -0.737. The van der Waals surface area contributed by atoms with E-state index in [9.17, 15) is 9.59 Å². The molecular weight excluding hydrogens is 286 g/mol. The molecule has 0 unspecified atom stereocenters. The molecule has 7 nitrogen and oxygen atoms in total. The molecule has 22 heavy (non-hydrogen) atoms. The SMILES string of the molecule is CCOC(=O)C(=N)C1=C(N)[C@@H](C)CN(C(=O)OC(C)(C)C)C1. The Bertz CT molecular complexity index is 505. The summed E-state index contributed by atoms with van der Waals surface area (Å²) in [4.78, 5) is 25.4. The summed E-state index contributed by atoms with van der Waals surface area (Å²) in [6.45, 7) is 9.49. The Balaban J connectivity index is 2.94. The number of carbonyl (C=O) groups is 2.